The molecule has 3 heteroatoms. The molecular weight excluding hydrogens is 406 g/mol. The van der Waals surface area contributed by atoms with Gasteiger partial charge in [-0.05, 0) is 25.7 Å². The normalized spacial score (nSPS) is 12.5. The number of carbonyl (C=O) groups is 1. The molecule has 0 radical (unpaired) electrons. The lowest BCUT2D eigenvalue weighted by atomic mass is 10.0. The highest BCUT2D eigenvalue weighted by molar-refractivity contribution is 5.76. The Balaban J connectivity index is 3.51. The summed E-state index contributed by atoms with van der Waals surface area (Å²) in [5, 5.41) is 12.6. The molecule has 0 aromatic heterocycles. The molecule has 0 saturated carbocycles. The molecule has 0 spiro atoms. The summed E-state index contributed by atoms with van der Waals surface area (Å²) in [6.07, 6.45) is 33.3. The first-order chi connectivity index (χ1) is 16.2. The van der Waals surface area contributed by atoms with Crippen LogP contribution in [0.15, 0.2) is 12.2 Å². The minimum absolute atomic E-state index is 0.0201. The van der Waals surface area contributed by atoms with Crippen molar-refractivity contribution >= 4 is 5.91 Å². The predicted octanol–water partition coefficient (Wildman–Crippen LogP) is 9.03. The van der Waals surface area contributed by atoms with E-state index in [1.54, 1.807) is 0 Å². The number of nitrogens with one attached hydrogen (secondary N) is 1. The van der Waals surface area contributed by atoms with E-state index in [-0.39, 0.29) is 18.6 Å². The fourth-order valence-corrected chi connectivity index (χ4v) is 4.38. The Hall–Kier alpha value is -0.830. The molecular formula is C30H59NO2. The Morgan fingerprint density at radius 3 is 1.52 bits per heavy atom. The minimum atomic E-state index is -0.135. The number of amides is 1. The lowest BCUT2D eigenvalue weighted by Crippen LogP contribution is -2.36. The number of unbranched alkanes of at least 4 members (excludes halogenated alkanes) is 19. The molecule has 0 aliphatic heterocycles. The van der Waals surface area contributed by atoms with Crippen LogP contribution >= 0.6 is 0 Å². The Morgan fingerprint density at radius 2 is 1.06 bits per heavy atom. The highest BCUT2D eigenvalue weighted by atomic mass is 16.3. The second-order valence-electron chi connectivity index (χ2n) is 10.1. The molecule has 0 aliphatic rings. The summed E-state index contributed by atoms with van der Waals surface area (Å²) in [5.41, 5.74) is 0. The van der Waals surface area contributed by atoms with E-state index in [0.717, 1.165) is 25.7 Å². The number of allylic oxidation sites excluding steroid dienone is 1. The van der Waals surface area contributed by atoms with Gasteiger partial charge < -0.3 is 10.4 Å². The number of carbonyl (C=O) groups excluding carboxylic acids is 1. The quantitative estimate of drug-likeness (QED) is 0.0988. The SMILES string of the molecule is CCCCCCCCCCCCC/C=C/CC(CO)NC(=O)CCCCCCCCCCC. The molecule has 0 aromatic rings. The lowest BCUT2D eigenvalue weighted by Gasteiger charge is -2.14. The Morgan fingerprint density at radius 1 is 0.636 bits per heavy atom. The summed E-state index contributed by atoms with van der Waals surface area (Å²) >= 11 is 0. The average molecular weight is 466 g/mol. The zero-order chi connectivity index (χ0) is 24.2. The first-order valence-electron chi connectivity index (χ1n) is 14.8. The maximum absolute atomic E-state index is 12.1. The van der Waals surface area contributed by atoms with Crippen molar-refractivity contribution in [3.8, 4) is 0 Å². The third-order valence-corrected chi connectivity index (χ3v) is 6.65. The summed E-state index contributed by atoms with van der Waals surface area (Å²) in [5.74, 6) is 0.0933. The highest BCUT2D eigenvalue weighted by Gasteiger charge is 2.09. The summed E-state index contributed by atoms with van der Waals surface area (Å²) in [6.45, 7) is 4.55. The van der Waals surface area contributed by atoms with E-state index < -0.39 is 0 Å². The van der Waals surface area contributed by atoms with E-state index >= 15 is 0 Å². The van der Waals surface area contributed by atoms with Crippen LogP contribution in [-0.2, 0) is 4.79 Å². The van der Waals surface area contributed by atoms with Gasteiger partial charge in [0.2, 0.25) is 5.91 Å². The average Bonchev–Trinajstić information content (AvgIpc) is 2.82. The van der Waals surface area contributed by atoms with Crippen molar-refractivity contribution < 1.29 is 9.90 Å². The number of hydrogen-bond donors (Lipinski definition) is 2. The van der Waals surface area contributed by atoms with Gasteiger partial charge in [0, 0.05) is 6.42 Å². The number of hydrogen-bond acceptors (Lipinski definition) is 2. The first-order valence-corrected chi connectivity index (χ1v) is 14.8. The zero-order valence-corrected chi connectivity index (χ0v) is 22.6. The van der Waals surface area contributed by atoms with Crippen molar-refractivity contribution in [2.24, 2.45) is 0 Å². The van der Waals surface area contributed by atoms with Gasteiger partial charge in [0.1, 0.15) is 0 Å². The topological polar surface area (TPSA) is 49.3 Å². The maximum atomic E-state index is 12.1. The second-order valence-corrected chi connectivity index (χ2v) is 10.1. The van der Waals surface area contributed by atoms with Crippen molar-refractivity contribution in [2.45, 2.75) is 168 Å². The first kappa shape index (κ1) is 32.2. The van der Waals surface area contributed by atoms with Gasteiger partial charge in [-0.3, -0.25) is 4.79 Å². The Bertz CT molecular complexity index is 422. The van der Waals surface area contributed by atoms with Crippen LogP contribution in [0.3, 0.4) is 0 Å². The highest BCUT2D eigenvalue weighted by Crippen LogP contribution is 2.13. The number of aliphatic hydroxyl groups excluding tert-OH is 1. The Kier molecular flexibility index (Phi) is 26.7. The van der Waals surface area contributed by atoms with Crippen LogP contribution in [0, 0.1) is 0 Å². The van der Waals surface area contributed by atoms with Crippen LogP contribution in [0.25, 0.3) is 0 Å². The fraction of sp³-hybridized carbons (Fsp3) is 0.900. The molecule has 0 aromatic carbocycles. The summed E-state index contributed by atoms with van der Waals surface area (Å²) in [6, 6.07) is -0.135. The van der Waals surface area contributed by atoms with Gasteiger partial charge in [-0.15, -0.1) is 0 Å². The van der Waals surface area contributed by atoms with Crippen molar-refractivity contribution in [1.82, 2.24) is 5.32 Å². The molecule has 0 rings (SSSR count). The molecule has 33 heavy (non-hydrogen) atoms. The minimum Gasteiger partial charge on any atom is -0.394 e. The van der Waals surface area contributed by atoms with Gasteiger partial charge in [-0.25, -0.2) is 0 Å². The van der Waals surface area contributed by atoms with E-state index in [1.807, 2.05) is 0 Å². The van der Waals surface area contributed by atoms with Crippen LogP contribution in [0.4, 0.5) is 0 Å². The second kappa shape index (κ2) is 27.4. The Labute approximate surface area is 207 Å². The molecule has 0 heterocycles. The van der Waals surface area contributed by atoms with E-state index in [9.17, 15) is 9.90 Å². The molecule has 3 nitrogen and oxygen atoms in total. The third kappa shape index (κ3) is 25.6. The largest absolute Gasteiger partial charge is 0.394 e. The van der Waals surface area contributed by atoms with Crippen LogP contribution in [-0.4, -0.2) is 23.7 Å². The maximum Gasteiger partial charge on any atom is 0.220 e. The van der Waals surface area contributed by atoms with Crippen LogP contribution < -0.4 is 5.32 Å². The molecule has 196 valence electrons. The fourth-order valence-electron chi connectivity index (χ4n) is 4.38. The molecule has 1 atom stereocenters. The molecule has 0 aliphatic carbocycles. The summed E-state index contributed by atoms with van der Waals surface area (Å²) < 4.78 is 0. The summed E-state index contributed by atoms with van der Waals surface area (Å²) in [7, 11) is 0. The van der Waals surface area contributed by atoms with Crippen LogP contribution in [0.1, 0.15) is 162 Å². The molecule has 0 fully saturated rings. The van der Waals surface area contributed by atoms with Crippen LogP contribution in [0.5, 0.6) is 0 Å². The van der Waals surface area contributed by atoms with Gasteiger partial charge in [-0.1, -0.05) is 142 Å². The standard InChI is InChI=1S/C30H59NO2/c1-3-5-7-9-11-13-14-15-16-17-19-20-22-24-26-29(28-32)31-30(33)27-25-23-21-18-12-10-8-6-4-2/h22,24,29,32H,3-21,23,25-28H2,1-2H3,(H,31,33)/b24-22+. The molecule has 1 amide bonds. The van der Waals surface area contributed by atoms with Crippen molar-refractivity contribution in [2.75, 3.05) is 6.61 Å². The zero-order valence-electron chi connectivity index (χ0n) is 22.6. The molecule has 0 saturated heterocycles. The molecule has 1 unspecified atom stereocenters. The predicted molar refractivity (Wildman–Crippen MR) is 146 cm³/mol. The van der Waals surface area contributed by atoms with Crippen molar-refractivity contribution in [3.63, 3.8) is 0 Å². The van der Waals surface area contributed by atoms with Gasteiger partial charge in [0.25, 0.3) is 0 Å². The monoisotopic (exact) mass is 465 g/mol. The lowest BCUT2D eigenvalue weighted by molar-refractivity contribution is -0.122. The molecule has 2 N–H and O–H groups in total. The number of aliphatic hydroxyl groups is 1. The summed E-state index contributed by atoms with van der Waals surface area (Å²) in [4.78, 5) is 12.1. The third-order valence-electron chi connectivity index (χ3n) is 6.65. The van der Waals surface area contributed by atoms with E-state index in [2.05, 4.69) is 31.3 Å². The molecule has 0 bridgehead atoms. The van der Waals surface area contributed by atoms with Crippen LogP contribution in [0.2, 0.25) is 0 Å². The van der Waals surface area contributed by atoms with Gasteiger partial charge in [0.15, 0.2) is 0 Å². The van der Waals surface area contributed by atoms with Gasteiger partial charge >= 0.3 is 0 Å². The van der Waals surface area contributed by atoms with E-state index in [1.165, 1.54) is 116 Å². The van der Waals surface area contributed by atoms with E-state index in [0.29, 0.717) is 6.42 Å². The van der Waals surface area contributed by atoms with Crippen molar-refractivity contribution in [1.29, 1.82) is 0 Å². The van der Waals surface area contributed by atoms with Gasteiger partial charge in [-0.2, -0.15) is 0 Å². The smallest absolute Gasteiger partial charge is 0.220 e. The number of rotatable bonds is 26. The van der Waals surface area contributed by atoms with E-state index in [4.69, 9.17) is 0 Å². The van der Waals surface area contributed by atoms with Gasteiger partial charge in [0.05, 0.1) is 12.6 Å². The van der Waals surface area contributed by atoms with Crippen molar-refractivity contribution in [3.05, 3.63) is 12.2 Å².